The van der Waals surface area contributed by atoms with Gasteiger partial charge in [-0.2, -0.15) is 0 Å². The van der Waals surface area contributed by atoms with Crippen LogP contribution in [0, 0.1) is 0 Å². The van der Waals surface area contributed by atoms with Gasteiger partial charge in [-0.25, -0.2) is 0 Å². The molecule has 3 aromatic rings. The van der Waals surface area contributed by atoms with Gasteiger partial charge in [-0.3, -0.25) is 9.59 Å². The van der Waals surface area contributed by atoms with Crippen LogP contribution in [0.5, 0.6) is 34.5 Å². The maximum atomic E-state index is 13.3. The lowest BCUT2D eigenvalue weighted by Crippen LogP contribution is -2.21. The number of esters is 1. The zero-order valence-corrected chi connectivity index (χ0v) is 19.0. The number of rotatable bonds is 4. The molecule has 0 spiro atoms. The quantitative estimate of drug-likeness (QED) is 0.312. The molecular formula is C27H20O8. The Morgan fingerprint density at radius 1 is 0.914 bits per heavy atom. The molecule has 0 aromatic heterocycles. The Morgan fingerprint density at radius 2 is 1.74 bits per heavy atom. The van der Waals surface area contributed by atoms with Gasteiger partial charge in [0.15, 0.2) is 28.8 Å². The second kappa shape index (κ2) is 8.09. The molecule has 1 atom stereocenters. The van der Waals surface area contributed by atoms with Gasteiger partial charge in [-0.15, -0.1) is 0 Å². The van der Waals surface area contributed by atoms with Gasteiger partial charge in [0.1, 0.15) is 11.5 Å². The molecule has 3 heterocycles. The molecule has 0 amide bonds. The van der Waals surface area contributed by atoms with Crippen molar-refractivity contribution in [3.8, 4) is 34.5 Å². The van der Waals surface area contributed by atoms with Crippen molar-refractivity contribution < 1.29 is 38.0 Å². The van der Waals surface area contributed by atoms with Crippen LogP contribution in [0.2, 0.25) is 0 Å². The summed E-state index contributed by atoms with van der Waals surface area (Å²) >= 11 is 0. The minimum atomic E-state index is -0.380. The fourth-order valence-electron chi connectivity index (χ4n) is 4.69. The minimum Gasteiger partial charge on any atom is -0.493 e. The van der Waals surface area contributed by atoms with Crippen LogP contribution in [-0.2, 0) is 4.79 Å². The Balaban J connectivity index is 1.45. The number of ketones is 1. The van der Waals surface area contributed by atoms with E-state index in [0.29, 0.717) is 51.2 Å². The number of para-hydroxylation sites is 1. The molecule has 0 N–H and O–H groups in total. The van der Waals surface area contributed by atoms with Crippen molar-refractivity contribution in [3.05, 3.63) is 76.5 Å². The molecule has 176 valence electrons. The second-order valence-electron chi connectivity index (χ2n) is 8.22. The molecule has 0 bridgehead atoms. The third-order valence-corrected chi connectivity index (χ3v) is 6.30. The summed E-state index contributed by atoms with van der Waals surface area (Å²) in [7, 11) is 3.08. The summed E-state index contributed by atoms with van der Waals surface area (Å²) in [5.74, 6) is 2.17. The molecule has 3 aliphatic heterocycles. The van der Waals surface area contributed by atoms with E-state index in [-0.39, 0.29) is 36.6 Å². The van der Waals surface area contributed by atoms with Crippen LogP contribution in [0.1, 0.15) is 39.4 Å². The third-order valence-electron chi connectivity index (χ3n) is 6.30. The zero-order valence-electron chi connectivity index (χ0n) is 19.0. The lowest BCUT2D eigenvalue weighted by molar-refractivity contribution is -0.135. The van der Waals surface area contributed by atoms with Gasteiger partial charge in [0, 0.05) is 17.0 Å². The predicted octanol–water partition coefficient (Wildman–Crippen LogP) is 4.49. The maximum absolute atomic E-state index is 13.3. The minimum absolute atomic E-state index is 0.101. The van der Waals surface area contributed by atoms with Crippen molar-refractivity contribution in [2.24, 2.45) is 0 Å². The van der Waals surface area contributed by atoms with Crippen LogP contribution >= 0.6 is 0 Å². The maximum Gasteiger partial charge on any atom is 0.312 e. The predicted molar refractivity (Wildman–Crippen MR) is 124 cm³/mol. The van der Waals surface area contributed by atoms with Gasteiger partial charge in [0.25, 0.3) is 0 Å². The molecule has 0 aliphatic carbocycles. The van der Waals surface area contributed by atoms with E-state index < -0.39 is 0 Å². The van der Waals surface area contributed by atoms with Crippen LogP contribution in [0.3, 0.4) is 0 Å². The summed E-state index contributed by atoms with van der Waals surface area (Å²) in [5, 5.41) is 0. The summed E-state index contributed by atoms with van der Waals surface area (Å²) in [6.07, 6.45) is 1.73. The van der Waals surface area contributed by atoms with Crippen molar-refractivity contribution in [3.63, 3.8) is 0 Å². The number of hydrogen-bond donors (Lipinski definition) is 0. The number of hydrogen-bond acceptors (Lipinski definition) is 8. The number of allylic oxidation sites excluding steroid dienone is 1. The van der Waals surface area contributed by atoms with Crippen LogP contribution in [0.4, 0.5) is 0 Å². The first-order valence-corrected chi connectivity index (χ1v) is 11.0. The fourth-order valence-corrected chi connectivity index (χ4v) is 4.69. The first-order chi connectivity index (χ1) is 17.1. The van der Waals surface area contributed by atoms with Gasteiger partial charge in [-0.1, -0.05) is 18.2 Å². The normalized spacial score (nSPS) is 18.6. The highest BCUT2D eigenvalue weighted by Gasteiger charge is 2.39. The van der Waals surface area contributed by atoms with Crippen molar-refractivity contribution in [1.29, 1.82) is 0 Å². The highest BCUT2D eigenvalue weighted by molar-refractivity contribution is 6.15. The summed E-state index contributed by atoms with van der Waals surface area (Å²) in [4.78, 5) is 25.7. The molecule has 35 heavy (non-hydrogen) atoms. The van der Waals surface area contributed by atoms with E-state index in [9.17, 15) is 9.59 Å². The number of ether oxygens (including phenoxy) is 6. The first kappa shape index (κ1) is 21.1. The highest BCUT2D eigenvalue weighted by atomic mass is 16.7. The second-order valence-corrected chi connectivity index (χ2v) is 8.22. The van der Waals surface area contributed by atoms with E-state index in [0.717, 1.165) is 5.56 Å². The van der Waals surface area contributed by atoms with Crippen LogP contribution < -0.4 is 28.4 Å². The molecule has 0 radical (unpaired) electrons. The largest absolute Gasteiger partial charge is 0.493 e. The number of carbonyl (C=O) groups excluding carboxylic acids is 2. The SMILES string of the molecule is COc1cccc(C=C2Oc3c(ccc4c3C(c3ccc5c(c3)OCO5)CC(=O)O4)C2=O)c1OC. The summed E-state index contributed by atoms with van der Waals surface area (Å²) < 4.78 is 33.4. The lowest BCUT2D eigenvalue weighted by Gasteiger charge is -2.26. The van der Waals surface area contributed by atoms with E-state index >= 15 is 0 Å². The van der Waals surface area contributed by atoms with Gasteiger partial charge in [0.05, 0.1) is 26.2 Å². The van der Waals surface area contributed by atoms with Crippen molar-refractivity contribution in [2.75, 3.05) is 21.0 Å². The van der Waals surface area contributed by atoms with Gasteiger partial charge in [0.2, 0.25) is 12.6 Å². The Kier molecular flexibility index (Phi) is 4.88. The molecule has 0 fully saturated rings. The van der Waals surface area contributed by atoms with E-state index in [1.807, 2.05) is 18.2 Å². The lowest BCUT2D eigenvalue weighted by atomic mass is 9.84. The molecular weight excluding hydrogens is 452 g/mol. The number of methoxy groups -OCH3 is 2. The average molecular weight is 472 g/mol. The molecule has 3 aromatic carbocycles. The Morgan fingerprint density at radius 3 is 2.57 bits per heavy atom. The van der Waals surface area contributed by atoms with Crippen LogP contribution in [0.15, 0.2) is 54.3 Å². The van der Waals surface area contributed by atoms with E-state index in [2.05, 4.69) is 0 Å². The molecule has 1 unspecified atom stereocenters. The van der Waals surface area contributed by atoms with Crippen molar-refractivity contribution in [1.82, 2.24) is 0 Å². The Hall–Kier alpha value is -4.46. The number of Topliss-reactive ketones (excluding diaryl/α,β-unsaturated/α-hetero) is 1. The molecule has 0 saturated carbocycles. The smallest absolute Gasteiger partial charge is 0.312 e. The van der Waals surface area contributed by atoms with Gasteiger partial charge < -0.3 is 28.4 Å². The third kappa shape index (κ3) is 3.37. The molecule has 3 aliphatic rings. The first-order valence-electron chi connectivity index (χ1n) is 11.0. The summed E-state index contributed by atoms with van der Waals surface area (Å²) in [6, 6.07) is 14.2. The van der Waals surface area contributed by atoms with E-state index in [1.165, 1.54) is 7.11 Å². The van der Waals surface area contributed by atoms with Crippen LogP contribution in [0.25, 0.3) is 6.08 Å². The molecule has 6 rings (SSSR count). The number of fused-ring (bicyclic) bond motifs is 4. The van der Waals surface area contributed by atoms with E-state index in [4.69, 9.17) is 28.4 Å². The zero-order chi connectivity index (χ0) is 24.1. The molecule has 8 nitrogen and oxygen atoms in total. The Bertz CT molecular complexity index is 1420. The Labute approximate surface area is 200 Å². The summed E-state index contributed by atoms with van der Waals surface area (Å²) in [5.41, 5.74) is 2.52. The average Bonchev–Trinajstić information content (AvgIpc) is 3.47. The number of benzene rings is 3. The number of carbonyl (C=O) groups is 2. The van der Waals surface area contributed by atoms with Crippen LogP contribution in [-0.4, -0.2) is 32.8 Å². The topological polar surface area (TPSA) is 89.5 Å². The summed E-state index contributed by atoms with van der Waals surface area (Å²) in [6.45, 7) is 0.150. The highest BCUT2D eigenvalue weighted by Crippen LogP contribution is 2.50. The van der Waals surface area contributed by atoms with Crippen molar-refractivity contribution in [2.45, 2.75) is 12.3 Å². The standard InChI is InChI=1S/C27H20O8/c1-30-20-5-3-4-15(26(20)31-2)11-22-25(29)16-7-9-19-24(27(16)35-22)17(12-23(28)34-19)14-6-8-18-21(10-14)33-13-32-18/h3-11,17H,12-13H2,1-2H3. The van der Waals surface area contributed by atoms with Crippen molar-refractivity contribution >= 4 is 17.8 Å². The van der Waals surface area contributed by atoms with Gasteiger partial charge in [-0.05, 0) is 42.0 Å². The fraction of sp³-hybridized carbons (Fsp3) is 0.185. The molecule has 0 saturated heterocycles. The van der Waals surface area contributed by atoms with Gasteiger partial charge >= 0.3 is 5.97 Å². The van der Waals surface area contributed by atoms with E-state index in [1.54, 1.807) is 43.5 Å². The monoisotopic (exact) mass is 472 g/mol. The molecule has 8 heteroatoms.